The number of benzene rings is 3. The van der Waals surface area contributed by atoms with Gasteiger partial charge in [-0.15, -0.1) is 0 Å². The predicted octanol–water partition coefficient (Wildman–Crippen LogP) is 3.47. The van der Waals surface area contributed by atoms with Crippen molar-refractivity contribution in [2.75, 3.05) is 27.1 Å². The minimum Gasteiger partial charge on any atom is -0.457 e. The second kappa shape index (κ2) is 11.3. The number of nitrogens with zero attached hydrogens (tertiary/aromatic N) is 3. The van der Waals surface area contributed by atoms with Crippen molar-refractivity contribution >= 4 is 43.3 Å². The first-order chi connectivity index (χ1) is 18.1. The smallest absolute Gasteiger partial charge is 0.264 e. The van der Waals surface area contributed by atoms with Crippen LogP contribution < -0.4 is 19.1 Å². The molecule has 0 atom stereocenters. The standard InChI is InChI=1S/C25H23N5O6S2/c1-37(32,33)30(20-10-12-22(13-11-20)36-21-6-3-2-4-7-21)18-24(31)28-19-8-14-23(15-9-19)38(34,35)29-25-26-16-5-17-27-25/h2-17H,18H2,1H3,(H,28,31)(H,26,27,29). The predicted molar refractivity (Wildman–Crippen MR) is 143 cm³/mol. The third-order valence-electron chi connectivity index (χ3n) is 5.03. The van der Waals surface area contributed by atoms with E-state index in [-0.39, 0.29) is 22.2 Å². The van der Waals surface area contributed by atoms with Gasteiger partial charge >= 0.3 is 0 Å². The van der Waals surface area contributed by atoms with E-state index in [2.05, 4.69) is 20.0 Å². The highest BCUT2D eigenvalue weighted by Gasteiger charge is 2.21. The van der Waals surface area contributed by atoms with Gasteiger partial charge < -0.3 is 10.1 Å². The van der Waals surface area contributed by atoms with E-state index in [1.807, 2.05) is 18.2 Å². The van der Waals surface area contributed by atoms with Crippen LogP contribution in [0.1, 0.15) is 0 Å². The summed E-state index contributed by atoms with van der Waals surface area (Å²) >= 11 is 0. The molecule has 4 aromatic rings. The molecule has 38 heavy (non-hydrogen) atoms. The number of rotatable bonds is 10. The van der Waals surface area contributed by atoms with E-state index in [0.717, 1.165) is 10.6 Å². The minimum absolute atomic E-state index is 0.0708. The van der Waals surface area contributed by atoms with Gasteiger partial charge in [-0.3, -0.25) is 9.10 Å². The molecule has 0 aliphatic rings. The van der Waals surface area contributed by atoms with Gasteiger partial charge in [0, 0.05) is 18.1 Å². The van der Waals surface area contributed by atoms with Crippen molar-refractivity contribution in [2.45, 2.75) is 4.90 Å². The summed E-state index contributed by atoms with van der Waals surface area (Å²) in [4.78, 5) is 20.3. The lowest BCUT2D eigenvalue weighted by Crippen LogP contribution is -2.37. The van der Waals surface area contributed by atoms with Crippen LogP contribution in [0.4, 0.5) is 17.3 Å². The van der Waals surface area contributed by atoms with E-state index in [0.29, 0.717) is 11.5 Å². The number of sulfonamides is 2. The van der Waals surface area contributed by atoms with Crippen molar-refractivity contribution in [2.24, 2.45) is 0 Å². The molecule has 0 radical (unpaired) electrons. The Morgan fingerprint density at radius 1 is 0.816 bits per heavy atom. The fourth-order valence-corrected chi connectivity index (χ4v) is 5.10. The molecule has 1 heterocycles. The maximum absolute atomic E-state index is 12.7. The molecule has 13 heteroatoms. The quantitative estimate of drug-likeness (QED) is 0.303. The maximum atomic E-state index is 12.7. The summed E-state index contributed by atoms with van der Waals surface area (Å²) in [5.74, 6) is 0.431. The van der Waals surface area contributed by atoms with Gasteiger partial charge in [0.2, 0.25) is 21.9 Å². The fourth-order valence-electron chi connectivity index (χ4n) is 3.28. The summed E-state index contributed by atoms with van der Waals surface area (Å²) in [6, 6.07) is 22.3. The zero-order chi connectivity index (χ0) is 27.2. The van der Waals surface area contributed by atoms with Crippen LogP contribution in [-0.4, -0.2) is 45.5 Å². The number of anilines is 3. The highest BCUT2D eigenvalue weighted by molar-refractivity contribution is 7.92. The number of hydrogen-bond acceptors (Lipinski definition) is 8. The number of amides is 1. The molecule has 0 unspecified atom stereocenters. The molecular formula is C25H23N5O6S2. The largest absolute Gasteiger partial charge is 0.457 e. The monoisotopic (exact) mass is 553 g/mol. The molecule has 0 aliphatic heterocycles. The van der Waals surface area contributed by atoms with Gasteiger partial charge in [0.05, 0.1) is 16.8 Å². The maximum Gasteiger partial charge on any atom is 0.264 e. The van der Waals surface area contributed by atoms with Crippen LogP contribution >= 0.6 is 0 Å². The Morgan fingerprint density at radius 3 is 2.03 bits per heavy atom. The first kappa shape index (κ1) is 26.6. The Balaban J connectivity index is 1.42. The Labute approximate surface area is 220 Å². The average molecular weight is 554 g/mol. The normalized spacial score (nSPS) is 11.4. The van der Waals surface area contributed by atoms with Crippen LogP contribution in [0.25, 0.3) is 0 Å². The van der Waals surface area contributed by atoms with Crippen molar-refractivity contribution in [1.82, 2.24) is 9.97 Å². The molecule has 3 aromatic carbocycles. The summed E-state index contributed by atoms with van der Waals surface area (Å²) in [7, 11) is -7.74. The van der Waals surface area contributed by atoms with E-state index >= 15 is 0 Å². The van der Waals surface area contributed by atoms with Gasteiger partial charge in [-0.05, 0) is 66.7 Å². The Hall–Kier alpha value is -4.49. The van der Waals surface area contributed by atoms with Crippen LogP contribution in [0.15, 0.2) is 102 Å². The van der Waals surface area contributed by atoms with Crippen LogP contribution in [0.5, 0.6) is 11.5 Å². The topological polar surface area (TPSA) is 148 Å². The Morgan fingerprint density at radius 2 is 1.42 bits per heavy atom. The lowest BCUT2D eigenvalue weighted by molar-refractivity contribution is -0.114. The molecule has 2 N–H and O–H groups in total. The van der Waals surface area contributed by atoms with Crippen LogP contribution in [-0.2, 0) is 24.8 Å². The number of para-hydroxylation sites is 1. The summed E-state index contributed by atoms with van der Waals surface area (Å²) in [6.07, 6.45) is 3.80. The van der Waals surface area contributed by atoms with Crippen LogP contribution in [0.3, 0.4) is 0 Å². The highest BCUT2D eigenvalue weighted by atomic mass is 32.2. The number of ether oxygens (including phenoxy) is 1. The van der Waals surface area contributed by atoms with Crippen molar-refractivity contribution in [1.29, 1.82) is 0 Å². The van der Waals surface area contributed by atoms with Crippen molar-refractivity contribution < 1.29 is 26.4 Å². The number of nitrogens with one attached hydrogen (secondary N) is 2. The molecule has 196 valence electrons. The van der Waals surface area contributed by atoms with Crippen molar-refractivity contribution in [3.05, 3.63) is 97.3 Å². The summed E-state index contributed by atoms with van der Waals surface area (Å²) in [5.41, 5.74) is 0.559. The lowest BCUT2D eigenvalue weighted by Gasteiger charge is -2.22. The van der Waals surface area contributed by atoms with E-state index in [1.165, 1.54) is 48.8 Å². The molecule has 0 saturated carbocycles. The fraction of sp³-hybridized carbons (Fsp3) is 0.0800. The van der Waals surface area contributed by atoms with Gasteiger partial charge in [0.1, 0.15) is 18.0 Å². The zero-order valence-electron chi connectivity index (χ0n) is 20.1. The third kappa shape index (κ3) is 7.05. The molecule has 0 fully saturated rings. The second-order valence-electron chi connectivity index (χ2n) is 7.93. The molecule has 0 spiro atoms. The first-order valence-corrected chi connectivity index (χ1v) is 14.4. The second-order valence-corrected chi connectivity index (χ2v) is 11.5. The summed E-state index contributed by atoms with van der Waals surface area (Å²) in [5, 5.41) is 2.58. The number of carbonyl (C=O) groups is 1. The Kier molecular flexibility index (Phi) is 7.88. The van der Waals surface area contributed by atoms with Gasteiger partial charge in [-0.25, -0.2) is 31.5 Å². The van der Waals surface area contributed by atoms with Crippen molar-refractivity contribution in [3.63, 3.8) is 0 Å². The summed E-state index contributed by atoms with van der Waals surface area (Å²) in [6.45, 7) is -0.495. The van der Waals surface area contributed by atoms with E-state index in [4.69, 9.17) is 4.74 Å². The molecule has 4 rings (SSSR count). The van der Waals surface area contributed by atoms with Crippen LogP contribution in [0.2, 0.25) is 0 Å². The minimum atomic E-state index is -3.94. The van der Waals surface area contributed by atoms with Gasteiger partial charge in [0.15, 0.2) is 0 Å². The van der Waals surface area contributed by atoms with E-state index in [1.54, 1.807) is 30.3 Å². The molecule has 0 saturated heterocycles. The van der Waals surface area contributed by atoms with E-state index < -0.39 is 32.5 Å². The van der Waals surface area contributed by atoms with Gasteiger partial charge in [0.25, 0.3) is 10.0 Å². The molecule has 11 nitrogen and oxygen atoms in total. The highest BCUT2D eigenvalue weighted by Crippen LogP contribution is 2.25. The van der Waals surface area contributed by atoms with Gasteiger partial charge in [-0.1, -0.05) is 18.2 Å². The zero-order valence-corrected chi connectivity index (χ0v) is 21.7. The van der Waals surface area contributed by atoms with Crippen molar-refractivity contribution in [3.8, 4) is 11.5 Å². The SMILES string of the molecule is CS(=O)(=O)N(CC(=O)Nc1ccc(S(=O)(=O)Nc2ncccn2)cc1)c1ccc(Oc2ccccc2)cc1. The first-order valence-electron chi connectivity index (χ1n) is 11.1. The van der Waals surface area contributed by atoms with E-state index in [9.17, 15) is 21.6 Å². The lowest BCUT2D eigenvalue weighted by atomic mass is 10.3. The molecular weight excluding hydrogens is 530 g/mol. The van der Waals surface area contributed by atoms with Gasteiger partial charge in [-0.2, -0.15) is 0 Å². The molecule has 1 amide bonds. The number of hydrogen-bond donors (Lipinski definition) is 2. The summed E-state index contributed by atoms with van der Waals surface area (Å²) < 4.78 is 58.8. The third-order valence-corrected chi connectivity index (χ3v) is 7.52. The Bertz CT molecular complexity index is 1600. The average Bonchev–Trinajstić information content (AvgIpc) is 2.88. The number of aromatic nitrogens is 2. The molecule has 0 bridgehead atoms. The molecule has 0 aliphatic carbocycles. The number of carbonyl (C=O) groups excluding carboxylic acids is 1. The molecule has 1 aromatic heterocycles. The van der Waals surface area contributed by atoms with Crippen LogP contribution in [0, 0.1) is 0 Å².